The number of Topliss-reactive ketones (excluding diaryl/α,β-unsaturated/α-hetero) is 1. The molecule has 0 heterocycles. The summed E-state index contributed by atoms with van der Waals surface area (Å²) in [5.74, 6) is 5.29. The number of carbonyl (C=O) groups is 1. The van der Waals surface area contributed by atoms with Gasteiger partial charge < -0.3 is 4.43 Å². The fraction of sp³-hybridized carbons (Fsp3) is 0.450. The highest BCUT2D eigenvalue weighted by Crippen LogP contribution is 2.36. The maximum atomic E-state index is 11.8. The van der Waals surface area contributed by atoms with Gasteiger partial charge in [0.15, 0.2) is 8.32 Å². The molecule has 0 unspecified atom stereocenters. The lowest BCUT2D eigenvalue weighted by molar-refractivity contribution is 0.105. The first kappa shape index (κ1) is 19.4. The molecule has 0 radical (unpaired) electrons. The molecule has 3 heteroatoms. The number of ketones is 1. The SMILES string of the molecule is CC(C)(C)[Si](C)(C)OCCC/C=C\C#CC(=O)c1ccccc1. The second kappa shape index (κ2) is 8.86. The monoisotopic (exact) mass is 328 g/mol. The van der Waals surface area contributed by atoms with Crippen LogP contribution in [0.1, 0.15) is 44.0 Å². The van der Waals surface area contributed by atoms with Crippen LogP contribution >= 0.6 is 0 Å². The van der Waals surface area contributed by atoms with Gasteiger partial charge in [0.1, 0.15) is 0 Å². The van der Waals surface area contributed by atoms with E-state index in [0.717, 1.165) is 19.4 Å². The Kier molecular flexibility index (Phi) is 7.48. The molecule has 1 aromatic rings. The third-order valence-corrected chi connectivity index (χ3v) is 8.75. The largest absolute Gasteiger partial charge is 0.417 e. The molecular formula is C20H28O2Si. The van der Waals surface area contributed by atoms with Gasteiger partial charge in [0.05, 0.1) is 0 Å². The predicted molar refractivity (Wildman–Crippen MR) is 100 cm³/mol. The topological polar surface area (TPSA) is 26.3 Å². The fourth-order valence-corrected chi connectivity index (χ4v) is 2.74. The second-order valence-corrected chi connectivity index (χ2v) is 11.9. The molecule has 0 amide bonds. The van der Waals surface area contributed by atoms with Crippen LogP contribution in [0.15, 0.2) is 42.5 Å². The molecule has 0 aliphatic rings. The van der Waals surface area contributed by atoms with Crippen molar-refractivity contribution in [2.45, 2.75) is 51.7 Å². The summed E-state index contributed by atoms with van der Waals surface area (Å²) in [4.78, 5) is 11.8. The van der Waals surface area contributed by atoms with Gasteiger partial charge in [-0.1, -0.05) is 63.1 Å². The highest BCUT2D eigenvalue weighted by Gasteiger charge is 2.36. The summed E-state index contributed by atoms with van der Waals surface area (Å²) in [5.41, 5.74) is 0.635. The molecule has 1 rings (SSSR count). The van der Waals surface area contributed by atoms with E-state index in [0.29, 0.717) is 5.56 Å². The van der Waals surface area contributed by atoms with Gasteiger partial charge in [-0.25, -0.2) is 0 Å². The number of unbranched alkanes of at least 4 members (excludes halogenated alkanes) is 1. The van der Waals surface area contributed by atoms with E-state index in [9.17, 15) is 4.79 Å². The van der Waals surface area contributed by atoms with Gasteiger partial charge in [-0.2, -0.15) is 0 Å². The molecule has 0 aliphatic heterocycles. The summed E-state index contributed by atoms with van der Waals surface area (Å²) in [6.07, 6.45) is 5.66. The molecule has 0 atom stereocenters. The Morgan fingerprint density at radius 1 is 1.22 bits per heavy atom. The molecule has 0 aromatic heterocycles. The highest BCUT2D eigenvalue weighted by atomic mass is 28.4. The highest BCUT2D eigenvalue weighted by molar-refractivity contribution is 6.74. The van der Waals surface area contributed by atoms with Crippen molar-refractivity contribution in [3.05, 3.63) is 48.0 Å². The molecule has 0 aliphatic carbocycles. The Hall–Kier alpha value is -1.63. The van der Waals surface area contributed by atoms with Crippen LogP contribution in [0.3, 0.4) is 0 Å². The Morgan fingerprint density at radius 3 is 2.48 bits per heavy atom. The van der Waals surface area contributed by atoms with Crippen molar-refractivity contribution >= 4 is 14.1 Å². The van der Waals surface area contributed by atoms with Crippen molar-refractivity contribution in [1.82, 2.24) is 0 Å². The van der Waals surface area contributed by atoms with Gasteiger partial charge in [0, 0.05) is 12.2 Å². The minimum atomic E-state index is -1.63. The molecule has 0 saturated carbocycles. The van der Waals surface area contributed by atoms with Crippen LogP contribution in [0.2, 0.25) is 18.1 Å². The van der Waals surface area contributed by atoms with Crippen molar-refractivity contribution < 1.29 is 9.22 Å². The minimum absolute atomic E-state index is 0.142. The molecule has 1 aromatic carbocycles. The zero-order valence-corrected chi connectivity index (χ0v) is 16.0. The van der Waals surface area contributed by atoms with Crippen LogP contribution in [0.5, 0.6) is 0 Å². The zero-order valence-electron chi connectivity index (χ0n) is 15.0. The van der Waals surface area contributed by atoms with Crippen LogP contribution in [-0.2, 0) is 4.43 Å². The van der Waals surface area contributed by atoms with Gasteiger partial charge >= 0.3 is 0 Å². The number of rotatable bonds is 6. The summed E-state index contributed by atoms with van der Waals surface area (Å²) < 4.78 is 6.11. The number of hydrogen-bond acceptors (Lipinski definition) is 2. The first-order valence-corrected chi connectivity index (χ1v) is 11.0. The third-order valence-electron chi connectivity index (χ3n) is 4.21. The maximum Gasteiger partial charge on any atom is 0.236 e. The lowest BCUT2D eigenvalue weighted by atomic mass is 10.1. The standard InChI is InChI=1S/C20H28O2Si/c1-20(2,3)23(4,5)22-17-13-8-6-7-12-16-19(21)18-14-10-9-11-15-18/h6-7,9-11,14-15H,8,13,17H2,1-5H3/b7-6-. The smallest absolute Gasteiger partial charge is 0.236 e. The molecule has 124 valence electrons. The summed E-state index contributed by atoms with van der Waals surface area (Å²) >= 11 is 0. The van der Waals surface area contributed by atoms with Gasteiger partial charge in [-0.05, 0) is 43.0 Å². The Balaban J connectivity index is 2.29. The van der Waals surface area contributed by atoms with E-state index in [1.54, 1.807) is 18.2 Å². The molecule has 2 nitrogen and oxygen atoms in total. The molecular weight excluding hydrogens is 300 g/mol. The molecule has 0 spiro atoms. The summed E-state index contributed by atoms with van der Waals surface area (Å²) in [6, 6.07) is 9.12. The number of allylic oxidation sites excluding steroid dienone is 2. The quantitative estimate of drug-likeness (QED) is 0.235. The van der Waals surface area contributed by atoms with Crippen LogP contribution < -0.4 is 0 Å². The number of benzene rings is 1. The van der Waals surface area contributed by atoms with Crippen molar-refractivity contribution in [1.29, 1.82) is 0 Å². The van der Waals surface area contributed by atoms with Gasteiger partial charge in [-0.15, -0.1) is 0 Å². The van der Waals surface area contributed by atoms with E-state index in [-0.39, 0.29) is 10.8 Å². The van der Waals surface area contributed by atoms with Crippen molar-refractivity contribution in [3.63, 3.8) is 0 Å². The lowest BCUT2D eigenvalue weighted by Gasteiger charge is -2.36. The summed E-state index contributed by atoms with van der Waals surface area (Å²) in [6.45, 7) is 12.1. The summed E-state index contributed by atoms with van der Waals surface area (Å²) in [7, 11) is -1.63. The van der Waals surface area contributed by atoms with E-state index in [1.165, 1.54) is 0 Å². The molecule has 0 saturated heterocycles. The van der Waals surface area contributed by atoms with Crippen molar-refractivity contribution in [2.24, 2.45) is 0 Å². The van der Waals surface area contributed by atoms with E-state index >= 15 is 0 Å². The van der Waals surface area contributed by atoms with E-state index < -0.39 is 8.32 Å². The Bertz CT molecular complexity index is 584. The van der Waals surface area contributed by atoms with Gasteiger partial charge in [0.2, 0.25) is 5.78 Å². The molecule has 23 heavy (non-hydrogen) atoms. The predicted octanol–water partition coefficient (Wildman–Crippen LogP) is 5.23. The Morgan fingerprint density at radius 2 is 1.87 bits per heavy atom. The van der Waals surface area contributed by atoms with Crippen molar-refractivity contribution in [2.75, 3.05) is 6.61 Å². The normalized spacial score (nSPS) is 12.0. The van der Waals surface area contributed by atoms with Crippen molar-refractivity contribution in [3.8, 4) is 11.8 Å². The average molecular weight is 329 g/mol. The molecule has 0 N–H and O–H groups in total. The maximum absolute atomic E-state index is 11.8. The minimum Gasteiger partial charge on any atom is -0.417 e. The number of carbonyl (C=O) groups excluding carboxylic acids is 1. The second-order valence-electron chi connectivity index (χ2n) is 7.12. The molecule has 0 bridgehead atoms. The zero-order chi connectivity index (χ0) is 17.3. The summed E-state index contributed by atoms with van der Waals surface area (Å²) in [5, 5.41) is 0.256. The van der Waals surface area contributed by atoms with Crippen LogP contribution in [0, 0.1) is 11.8 Å². The first-order valence-electron chi connectivity index (χ1n) is 8.14. The van der Waals surface area contributed by atoms with Gasteiger partial charge in [-0.3, -0.25) is 4.79 Å². The fourth-order valence-electron chi connectivity index (χ4n) is 1.66. The van der Waals surface area contributed by atoms with Crippen LogP contribution in [0.4, 0.5) is 0 Å². The average Bonchev–Trinajstić information content (AvgIpc) is 2.49. The number of hydrogen-bond donors (Lipinski definition) is 0. The van der Waals surface area contributed by atoms with E-state index in [1.807, 2.05) is 24.3 Å². The van der Waals surface area contributed by atoms with E-state index in [4.69, 9.17) is 4.43 Å². The van der Waals surface area contributed by atoms with Crippen LogP contribution in [0.25, 0.3) is 0 Å². The third kappa shape index (κ3) is 6.98. The molecule has 0 fully saturated rings. The Labute approximate surface area is 142 Å². The van der Waals surface area contributed by atoms with E-state index in [2.05, 4.69) is 45.7 Å². The first-order chi connectivity index (χ1) is 10.7. The van der Waals surface area contributed by atoms with Gasteiger partial charge in [0.25, 0.3) is 0 Å². The van der Waals surface area contributed by atoms with Crippen LogP contribution in [-0.4, -0.2) is 20.7 Å². The lowest BCUT2D eigenvalue weighted by Crippen LogP contribution is -2.40.